The van der Waals surface area contributed by atoms with Gasteiger partial charge in [-0.05, 0) is 69.2 Å². The standard InChI is InChI=1S/C24H23BrO3/c1-3-17(2)20-11-14-23(22(25)15-20)28-24(26)16-27-21-12-9-19(10-13-21)18-7-5-4-6-8-18/h4-15,17H,3,16H2,1-2H3. The van der Waals surface area contributed by atoms with Crippen LogP contribution in [0.25, 0.3) is 11.1 Å². The van der Waals surface area contributed by atoms with E-state index in [0.29, 0.717) is 17.4 Å². The number of benzene rings is 3. The Morgan fingerprint density at radius 1 is 0.964 bits per heavy atom. The van der Waals surface area contributed by atoms with Crippen LogP contribution in [0.2, 0.25) is 0 Å². The van der Waals surface area contributed by atoms with E-state index < -0.39 is 5.97 Å². The van der Waals surface area contributed by atoms with Crippen LogP contribution in [-0.4, -0.2) is 12.6 Å². The van der Waals surface area contributed by atoms with Crippen molar-refractivity contribution in [2.45, 2.75) is 26.2 Å². The predicted octanol–water partition coefficient (Wildman–Crippen LogP) is 6.61. The first-order valence-electron chi connectivity index (χ1n) is 9.35. The summed E-state index contributed by atoms with van der Waals surface area (Å²) in [7, 11) is 0. The van der Waals surface area contributed by atoms with Crippen LogP contribution in [0.15, 0.2) is 77.3 Å². The maximum Gasteiger partial charge on any atom is 0.349 e. The lowest BCUT2D eigenvalue weighted by atomic mass is 9.99. The largest absolute Gasteiger partial charge is 0.482 e. The Kier molecular flexibility index (Phi) is 6.88. The number of hydrogen-bond donors (Lipinski definition) is 0. The zero-order chi connectivity index (χ0) is 19.9. The van der Waals surface area contributed by atoms with Crippen molar-refractivity contribution in [1.82, 2.24) is 0 Å². The molecule has 0 aromatic heterocycles. The number of carbonyl (C=O) groups excluding carboxylic acids is 1. The minimum absolute atomic E-state index is 0.149. The molecule has 0 bridgehead atoms. The van der Waals surface area contributed by atoms with Gasteiger partial charge in [-0.25, -0.2) is 4.79 Å². The van der Waals surface area contributed by atoms with Crippen LogP contribution in [0.5, 0.6) is 11.5 Å². The van der Waals surface area contributed by atoms with E-state index in [-0.39, 0.29) is 6.61 Å². The van der Waals surface area contributed by atoms with Crippen molar-refractivity contribution in [3.63, 3.8) is 0 Å². The highest BCUT2D eigenvalue weighted by Crippen LogP contribution is 2.30. The van der Waals surface area contributed by atoms with E-state index in [0.717, 1.165) is 22.0 Å². The van der Waals surface area contributed by atoms with E-state index in [4.69, 9.17) is 9.47 Å². The van der Waals surface area contributed by atoms with Crippen molar-refractivity contribution in [2.75, 3.05) is 6.61 Å². The molecule has 144 valence electrons. The van der Waals surface area contributed by atoms with Crippen molar-refractivity contribution < 1.29 is 14.3 Å². The third-order valence-corrected chi connectivity index (χ3v) is 5.30. The molecule has 0 spiro atoms. The lowest BCUT2D eigenvalue weighted by molar-refractivity contribution is -0.136. The Morgan fingerprint density at radius 2 is 1.64 bits per heavy atom. The van der Waals surface area contributed by atoms with Crippen molar-refractivity contribution >= 4 is 21.9 Å². The third kappa shape index (κ3) is 5.23. The van der Waals surface area contributed by atoms with Gasteiger partial charge in [0.05, 0.1) is 4.47 Å². The second-order valence-electron chi connectivity index (χ2n) is 6.65. The normalized spacial score (nSPS) is 11.7. The van der Waals surface area contributed by atoms with E-state index in [9.17, 15) is 4.79 Å². The molecule has 0 amide bonds. The lowest BCUT2D eigenvalue weighted by Gasteiger charge is -2.12. The fourth-order valence-corrected chi connectivity index (χ4v) is 3.29. The summed E-state index contributed by atoms with van der Waals surface area (Å²) in [6.45, 7) is 4.17. The van der Waals surface area contributed by atoms with Crippen LogP contribution in [-0.2, 0) is 4.79 Å². The summed E-state index contributed by atoms with van der Waals surface area (Å²) in [6.07, 6.45) is 1.06. The van der Waals surface area contributed by atoms with Gasteiger partial charge in [-0.2, -0.15) is 0 Å². The third-order valence-electron chi connectivity index (χ3n) is 4.68. The fourth-order valence-electron chi connectivity index (χ4n) is 2.81. The molecule has 3 aromatic rings. The van der Waals surface area contributed by atoms with Crippen molar-refractivity contribution in [2.24, 2.45) is 0 Å². The fraction of sp³-hybridized carbons (Fsp3) is 0.208. The highest BCUT2D eigenvalue weighted by atomic mass is 79.9. The smallest absolute Gasteiger partial charge is 0.349 e. The summed E-state index contributed by atoms with van der Waals surface area (Å²) in [4.78, 5) is 12.1. The molecule has 3 aromatic carbocycles. The first kappa shape index (κ1) is 20.2. The van der Waals surface area contributed by atoms with Gasteiger partial charge in [0.15, 0.2) is 6.61 Å². The Hall–Kier alpha value is -2.59. The molecule has 1 unspecified atom stereocenters. The zero-order valence-corrected chi connectivity index (χ0v) is 17.6. The van der Waals surface area contributed by atoms with Gasteiger partial charge in [-0.15, -0.1) is 0 Å². The Morgan fingerprint density at radius 3 is 2.29 bits per heavy atom. The minimum Gasteiger partial charge on any atom is -0.482 e. The first-order valence-corrected chi connectivity index (χ1v) is 10.1. The number of ether oxygens (including phenoxy) is 2. The molecule has 0 aliphatic heterocycles. The van der Waals surface area contributed by atoms with Crippen molar-refractivity contribution in [3.05, 3.63) is 82.8 Å². The summed E-state index contributed by atoms with van der Waals surface area (Å²) in [5.41, 5.74) is 3.45. The van der Waals surface area contributed by atoms with Crippen LogP contribution in [0.4, 0.5) is 0 Å². The first-order chi connectivity index (χ1) is 13.6. The monoisotopic (exact) mass is 438 g/mol. The predicted molar refractivity (Wildman–Crippen MR) is 116 cm³/mol. The van der Waals surface area contributed by atoms with Gasteiger partial charge in [-0.3, -0.25) is 0 Å². The molecule has 0 saturated carbocycles. The Balaban J connectivity index is 1.56. The Bertz CT molecular complexity index is 920. The van der Waals surface area contributed by atoms with Gasteiger partial charge in [0.25, 0.3) is 0 Å². The topological polar surface area (TPSA) is 35.5 Å². The van der Waals surface area contributed by atoms with Gasteiger partial charge in [0, 0.05) is 0 Å². The van der Waals surface area contributed by atoms with Gasteiger partial charge in [-0.1, -0.05) is 62.4 Å². The van der Waals surface area contributed by atoms with E-state index >= 15 is 0 Å². The molecule has 0 aliphatic carbocycles. The number of halogens is 1. The summed E-state index contributed by atoms with van der Waals surface area (Å²) < 4.78 is 11.7. The number of hydrogen-bond acceptors (Lipinski definition) is 3. The number of rotatable bonds is 7. The van der Waals surface area contributed by atoms with Gasteiger partial charge in [0.2, 0.25) is 0 Å². The molecule has 0 aliphatic rings. The average Bonchev–Trinajstić information content (AvgIpc) is 2.74. The van der Waals surface area contributed by atoms with Gasteiger partial charge in [0.1, 0.15) is 11.5 Å². The van der Waals surface area contributed by atoms with E-state index in [2.05, 4.69) is 41.9 Å². The lowest BCUT2D eigenvalue weighted by Crippen LogP contribution is -2.18. The summed E-state index contributed by atoms with van der Waals surface area (Å²) in [5.74, 6) is 1.15. The zero-order valence-electron chi connectivity index (χ0n) is 16.0. The molecule has 4 heteroatoms. The second-order valence-corrected chi connectivity index (χ2v) is 7.51. The maximum atomic E-state index is 12.1. The molecule has 0 radical (unpaired) electrons. The molecule has 28 heavy (non-hydrogen) atoms. The molecule has 0 saturated heterocycles. The molecular weight excluding hydrogens is 416 g/mol. The molecule has 0 fully saturated rings. The second kappa shape index (κ2) is 9.56. The van der Waals surface area contributed by atoms with Crippen LogP contribution in [0.3, 0.4) is 0 Å². The average molecular weight is 439 g/mol. The highest BCUT2D eigenvalue weighted by Gasteiger charge is 2.12. The van der Waals surface area contributed by atoms with E-state index in [1.54, 1.807) is 0 Å². The molecule has 0 N–H and O–H groups in total. The van der Waals surface area contributed by atoms with Crippen molar-refractivity contribution in [3.8, 4) is 22.6 Å². The quantitative estimate of drug-likeness (QED) is 0.307. The van der Waals surface area contributed by atoms with E-state index in [1.807, 2.05) is 60.7 Å². The summed E-state index contributed by atoms with van der Waals surface area (Å²) in [5, 5.41) is 0. The highest BCUT2D eigenvalue weighted by molar-refractivity contribution is 9.10. The number of carbonyl (C=O) groups is 1. The summed E-state index contributed by atoms with van der Waals surface area (Å²) in [6, 6.07) is 23.6. The van der Waals surface area contributed by atoms with Crippen molar-refractivity contribution in [1.29, 1.82) is 0 Å². The molecule has 0 heterocycles. The SMILES string of the molecule is CCC(C)c1ccc(OC(=O)COc2ccc(-c3ccccc3)cc2)c(Br)c1. The molecule has 3 nitrogen and oxygen atoms in total. The van der Waals surface area contributed by atoms with Crippen LogP contribution in [0.1, 0.15) is 31.7 Å². The van der Waals surface area contributed by atoms with Gasteiger partial charge < -0.3 is 9.47 Å². The van der Waals surface area contributed by atoms with Crippen LogP contribution >= 0.6 is 15.9 Å². The Labute approximate surface area is 174 Å². The van der Waals surface area contributed by atoms with Crippen LogP contribution in [0, 0.1) is 0 Å². The summed E-state index contributed by atoms with van der Waals surface area (Å²) >= 11 is 3.48. The van der Waals surface area contributed by atoms with Gasteiger partial charge >= 0.3 is 5.97 Å². The molecule has 1 atom stereocenters. The molecule has 3 rings (SSSR count). The maximum absolute atomic E-state index is 12.1. The minimum atomic E-state index is -0.441. The van der Waals surface area contributed by atoms with Crippen LogP contribution < -0.4 is 9.47 Å². The number of esters is 1. The molecular formula is C24H23BrO3. The van der Waals surface area contributed by atoms with E-state index in [1.165, 1.54) is 5.56 Å².